The molecule has 0 aliphatic rings. The van der Waals surface area contributed by atoms with Gasteiger partial charge in [0.05, 0.1) is 15.5 Å². The van der Waals surface area contributed by atoms with Crippen LogP contribution < -0.4 is 10.5 Å². The number of ether oxygens (including phenoxy) is 1. The van der Waals surface area contributed by atoms with Gasteiger partial charge in [0.25, 0.3) is 5.69 Å². The molecule has 0 spiro atoms. The molecular weight excluding hydrogens is 314 g/mol. The van der Waals surface area contributed by atoms with Gasteiger partial charge in [-0.05, 0) is 28.1 Å². The molecule has 0 fully saturated rings. The van der Waals surface area contributed by atoms with Crippen LogP contribution in [0.25, 0.3) is 0 Å². The molecule has 0 saturated carbocycles. The number of nitro benzene ring substituents is 1. The first-order valence-corrected chi connectivity index (χ1v) is 6.17. The highest BCUT2D eigenvalue weighted by atomic mass is 79.9. The number of benzene rings is 1. The van der Waals surface area contributed by atoms with Gasteiger partial charge in [0.1, 0.15) is 0 Å². The molecule has 0 amide bonds. The van der Waals surface area contributed by atoms with E-state index in [1.54, 1.807) is 24.4 Å². The maximum Gasteiger partial charge on any atom is 0.273 e. The molecule has 2 rings (SSSR count). The Kier molecular flexibility index (Phi) is 4.08. The predicted octanol–water partition coefficient (Wildman–Crippen LogP) is 3.00. The lowest BCUT2D eigenvalue weighted by molar-refractivity contribution is -0.384. The van der Waals surface area contributed by atoms with Gasteiger partial charge in [-0.3, -0.25) is 10.1 Å². The van der Waals surface area contributed by atoms with Crippen molar-refractivity contribution in [2.75, 3.05) is 0 Å². The molecule has 1 aromatic heterocycles. The van der Waals surface area contributed by atoms with Crippen LogP contribution in [0.15, 0.2) is 41.0 Å². The van der Waals surface area contributed by atoms with Crippen LogP contribution in [0.2, 0.25) is 0 Å². The third-order valence-electron chi connectivity index (χ3n) is 2.40. The minimum atomic E-state index is -0.485. The molecule has 0 aliphatic heterocycles. The largest absolute Gasteiger partial charge is 0.437 e. The van der Waals surface area contributed by atoms with Crippen LogP contribution in [0.3, 0.4) is 0 Å². The van der Waals surface area contributed by atoms with Crippen molar-refractivity contribution in [3.8, 4) is 11.6 Å². The highest BCUT2D eigenvalue weighted by Crippen LogP contribution is 2.33. The smallest absolute Gasteiger partial charge is 0.273 e. The normalized spacial score (nSPS) is 10.2. The summed E-state index contributed by atoms with van der Waals surface area (Å²) in [5, 5.41) is 10.7. The molecular formula is C12H10BrN3O3. The van der Waals surface area contributed by atoms with E-state index >= 15 is 0 Å². The number of hydrogen-bond acceptors (Lipinski definition) is 5. The Labute approximate surface area is 117 Å². The fourth-order valence-electron chi connectivity index (χ4n) is 1.46. The summed E-state index contributed by atoms with van der Waals surface area (Å²) in [6.45, 7) is 0.274. The molecule has 1 heterocycles. The Morgan fingerprint density at radius 2 is 2.21 bits per heavy atom. The van der Waals surface area contributed by atoms with E-state index in [-0.39, 0.29) is 12.2 Å². The third-order valence-corrected chi connectivity index (χ3v) is 3.06. The summed E-state index contributed by atoms with van der Waals surface area (Å²) in [5.41, 5.74) is 6.25. The zero-order valence-electron chi connectivity index (χ0n) is 9.75. The van der Waals surface area contributed by atoms with E-state index < -0.39 is 4.92 Å². The number of aromatic nitrogens is 1. The molecule has 2 N–H and O–H groups in total. The van der Waals surface area contributed by atoms with Gasteiger partial charge in [0.2, 0.25) is 5.88 Å². The van der Waals surface area contributed by atoms with Gasteiger partial charge in [-0.25, -0.2) is 4.98 Å². The van der Waals surface area contributed by atoms with Crippen molar-refractivity contribution in [3.05, 3.63) is 56.7 Å². The lowest BCUT2D eigenvalue weighted by atomic mass is 10.2. The Morgan fingerprint density at radius 1 is 1.42 bits per heavy atom. The van der Waals surface area contributed by atoms with Gasteiger partial charge in [0, 0.05) is 24.4 Å². The average Bonchev–Trinajstić information content (AvgIpc) is 2.41. The van der Waals surface area contributed by atoms with E-state index in [1.807, 2.05) is 0 Å². The van der Waals surface area contributed by atoms with E-state index in [2.05, 4.69) is 20.9 Å². The zero-order chi connectivity index (χ0) is 13.8. The van der Waals surface area contributed by atoms with Crippen molar-refractivity contribution in [1.82, 2.24) is 4.98 Å². The fourth-order valence-corrected chi connectivity index (χ4v) is 1.79. The quantitative estimate of drug-likeness (QED) is 0.689. The van der Waals surface area contributed by atoms with Crippen LogP contribution >= 0.6 is 15.9 Å². The van der Waals surface area contributed by atoms with Crippen molar-refractivity contribution in [2.45, 2.75) is 6.54 Å². The van der Waals surface area contributed by atoms with Crippen LogP contribution in [-0.2, 0) is 6.54 Å². The van der Waals surface area contributed by atoms with E-state index in [0.717, 1.165) is 5.56 Å². The standard InChI is InChI=1S/C12H10BrN3O3/c13-10-4-3-9(16(17)18)6-11(10)19-12-8(7-14)2-1-5-15-12/h1-6H,7,14H2. The summed E-state index contributed by atoms with van der Waals surface area (Å²) in [4.78, 5) is 14.3. The summed E-state index contributed by atoms with van der Waals surface area (Å²) in [5.74, 6) is 0.661. The third kappa shape index (κ3) is 3.07. The minimum absolute atomic E-state index is 0.0524. The van der Waals surface area contributed by atoms with Crippen molar-refractivity contribution in [2.24, 2.45) is 5.73 Å². The Hall–Kier alpha value is -1.99. The number of nitrogens with zero attached hydrogens (tertiary/aromatic N) is 2. The summed E-state index contributed by atoms with van der Waals surface area (Å²) < 4.78 is 6.18. The van der Waals surface area contributed by atoms with Crippen LogP contribution in [0.4, 0.5) is 5.69 Å². The van der Waals surface area contributed by atoms with Gasteiger partial charge in [-0.2, -0.15) is 0 Å². The summed E-state index contributed by atoms with van der Waals surface area (Å²) in [6.07, 6.45) is 1.57. The van der Waals surface area contributed by atoms with Crippen molar-refractivity contribution < 1.29 is 9.66 Å². The Morgan fingerprint density at radius 3 is 2.89 bits per heavy atom. The topological polar surface area (TPSA) is 91.3 Å². The van der Waals surface area contributed by atoms with E-state index in [0.29, 0.717) is 16.1 Å². The van der Waals surface area contributed by atoms with Crippen LogP contribution in [0.1, 0.15) is 5.56 Å². The summed E-state index contributed by atoms with van der Waals surface area (Å²) >= 11 is 3.28. The first-order chi connectivity index (χ1) is 9.11. The highest BCUT2D eigenvalue weighted by molar-refractivity contribution is 9.10. The van der Waals surface area contributed by atoms with E-state index in [4.69, 9.17) is 10.5 Å². The average molecular weight is 324 g/mol. The molecule has 98 valence electrons. The predicted molar refractivity (Wildman–Crippen MR) is 73.0 cm³/mol. The van der Waals surface area contributed by atoms with E-state index in [9.17, 15) is 10.1 Å². The second-order valence-electron chi connectivity index (χ2n) is 3.65. The van der Waals surface area contributed by atoms with E-state index in [1.165, 1.54) is 12.1 Å². The lowest BCUT2D eigenvalue weighted by Gasteiger charge is -2.09. The second kappa shape index (κ2) is 5.77. The zero-order valence-corrected chi connectivity index (χ0v) is 11.3. The maximum absolute atomic E-state index is 10.7. The molecule has 1 aromatic carbocycles. The van der Waals surface area contributed by atoms with Gasteiger partial charge in [-0.1, -0.05) is 6.07 Å². The number of non-ortho nitro benzene ring substituents is 1. The van der Waals surface area contributed by atoms with Gasteiger partial charge in [-0.15, -0.1) is 0 Å². The number of rotatable bonds is 4. The highest BCUT2D eigenvalue weighted by Gasteiger charge is 2.13. The summed E-state index contributed by atoms with van der Waals surface area (Å²) in [6, 6.07) is 7.81. The number of halogens is 1. The fraction of sp³-hybridized carbons (Fsp3) is 0.0833. The van der Waals surface area contributed by atoms with Crippen molar-refractivity contribution in [1.29, 1.82) is 0 Å². The van der Waals surface area contributed by atoms with Crippen LogP contribution in [0.5, 0.6) is 11.6 Å². The monoisotopic (exact) mass is 323 g/mol. The molecule has 0 aliphatic carbocycles. The van der Waals surface area contributed by atoms with Crippen molar-refractivity contribution >= 4 is 21.6 Å². The minimum Gasteiger partial charge on any atom is -0.437 e. The first-order valence-electron chi connectivity index (χ1n) is 5.37. The Balaban J connectivity index is 2.37. The molecule has 0 saturated heterocycles. The molecule has 19 heavy (non-hydrogen) atoms. The number of hydrogen-bond donors (Lipinski definition) is 1. The first kappa shape index (κ1) is 13.4. The number of nitrogens with two attached hydrogens (primary N) is 1. The van der Waals surface area contributed by atoms with Crippen LogP contribution in [0, 0.1) is 10.1 Å². The number of pyridine rings is 1. The lowest BCUT2D eigenvalue weighted by Crippen LogP contribution is -2.01. The molecule has 0 radical (unpaired) electrons. The molecule has 2 aromatic rings. The van der Waals surface area contributed by atoms with Gasteiger partial charge in [0.15, 0.2) is 5.75 Å². The molecule has 0 atom stereocenters. The van der Waals surface area contributed by atoms with Gasteiger partial charge < -0.3 is 10.5 Å². The van der Waals surface area contributed by atoms with Crippen molar-refractivity contribution in [3.63, 3.8) is 0 Å². The van der Waals surface area contributed by atoms with Gasteiger partial charge >= 0.3 is 0 Å². The maximum atomic E-state index is 10.7. The van der Waals surface area contributed by atoms with Crippen LogP contribution in [-0.4, -0.2) is 9.91 Å². The molecule has 7 heteroatoms. The molecule has 6 nitrogen and oxygen atoms in total. The SMILES string of the molecule is NCc1cccnc1Oc1cc([N+](=O)[O-])ccc1Br. The Bertz CT molecular complexity index is 619. The summed E-state index contributed by atoms with van der Waals surface area (Å²) in [7, 11) is 0. The molecule has 0 bridgehead atoms. The molecule has 0 unspecified atom stereocenters. The second-order valence-corrected chi connectivity index (χ2v) is 4.50. The number of nitro groups is 1.